The summed E-state index contributed by atoms with van der Waals surface area (Å²) in [5, 5.41) is 8.21. The van der Waals surface area contributed by atoms with Crippen LogP contribution in [0.15, 0.2) is 24.3 Å². The molecule has 0 aromatic carbocycles. The van der Waals surface area contributed by atoms with Crippen molar-refractivity contribution in [1.82, 2.24) is 0 Å². The Morgan fingerprint density at radius 2 is 1.57 bits per heavy atom. The zero-order valence-corrected chi connectivity index (χ0v) is 9.28. The van der Waals surface area contributed by atoms with E-state index >= 15 is 0 Å². The predicted molar refractivity (Wildman–Crippen MR) is 61.2 cm³/mol. The number of aliphatic hydroxyl groups is 1. The van der Waals surface area contributed by atoms with Gasteiger partial charge in [0.1, 0.15) is 6.29 Å². The first-order chi connectivity index (χ1) is 6.83. The minimum Gasteiger partial charge on any atom is -0.392 e. The summed E-state index contributed by atoms with van der Waals surface area (Å²) in [5.41, 5.74) is 0. The molecule has 0 aliphatic carbocycles. The lowest BCUT2D eigenvalue weighted by atomic mass is 10.3. The molecule has 0 aliphatic heterocycles. The van der Waals surface area contributed by atoms with Gasteiger partial charge in [-0.2, -0.15) is 0 Å². The molecular formula is C12H22O2. The first-order valence-corrected chi connectivity index (χ1v) is 5.19. The normalized spacial score (nSPS) is 10.2. The lowest BCUT2D eigenvalue weighted by molar-refractivity contribution is -0.104. The maximum absolute atomic E-state index is 9.59. The van der Waals surface area contributed by atoms with E-state index in [4.69, 9.17) is 5.11 Å². The van der Waals surface area contributed by atoms with Gasteiger partial charge in [-0.05, 0) is 18.9 Å². The first kappa shape index (κ1) is 15.6. The summed E-state index contributed by atoms with van der Waals surface area (Å²) in [4.78, 5) is 9.59. The van der Waals surface area contributed by atoms with E-state index < -0.39 is 0 Å². The zero-order valence-electron chi connectivity index (χ0n) is 9.28. The third-order valence-electron chi connectivity index (χ3n) is 1.40. The summed E-state index contributed by atoms with van der Waals surface area (Å²) in [6.45, 7) is 4.37. The molecule has 82 valence electrons. The van der Waals surface area contributed by atoms with Crippen molar-refractivity contribution in [2.24, 2.45) is 0 Å². The highest BCUT2D eigenvalue weighted by atomic mass is 16.2. The van der Waals surface area contributed by atoms with Gasteiger partial charge in [0.05, 0.1) is 6.61 Å². The average Bonchev–Trinajstić information content (AvgIpc) is 2.21. The Bertz CT molecular complexity index is 148. The molecule has 0 bridgehead atoms. The van der Waals surface area contributed by atoms with Crippen LogP contribution in [0.1, 0.15) is 39.5 Å². The number of hydrogen-bond donors (Lipinski definition) is 1. The highest BCUT2D eigenvalue weighted by Crippen LogP contribution is 1.86. The molecule has 1 N–H and O–H groups in total. The average molecular weight is 198 g/mol. The molecule has 0 amide bonds. The number of hydrogen-bond acceptors (Lipinski definition) is 2. The quantitative estimate of drug-likeness (QED) is 0.405. The van der Waals surface area contributed by atoms with Crippen LogP contribution in [-0.2, 0) is 4.79 Å². The minimum absolute atomic E-state index is 0.181. The van der Waals surface area contributed by atoms with E-state index in [1.165, 1.54) is 6.08 Å². The van der Waals surface area contributed by atoms with E-state index in [2.05, 4.69) is 13.8 Å². The van der Waals surface area contributed by atoms with Gasteiger partial charge < -0.3 is 5.11 Å². The van der Waals surface area contributed by atoms with Crippen molar-refractivity contribution >= 4 is 6.29 Å². The second kappa shape index (κ2) is 18.0. The van der Waals surface area contributed by atoms with Gasteiger partial charge in [0.25, 0.3) is 0 Å². The van der Waals surface area contributed by atoms with Crippen molar-refractivity contribution < 1.29 is 9.90 Å². The van der Waals surface area contributed by atoms with Crippen molar-refractivity contribution in [1.29, 1.82) is 0 Å². The Balaban J connectivity index is 0. The standard InChI is InChI=1S/C6H12O.C6H10O/c2*1-2-3-4-5-6-7/h4-5,7H,2-3,6H2,1H3;4-6H,2-3H2,1H3/b2*5-4+. The SMILES string of the molecule is CCC/C=C/C=O.CCC/C=C/CO. The molecule has 0 spiro atoms. The topological polar surface area (TPSA) is 37.3 Å². The number of allylic oxidation sites excluding steroid dienone is 3. The molecule has 0 radical (unpaired) electrons. The monoisotopic (exact) mass is 198 g/mol. The van der Waals surface area contributed by atoms with Crippen LogP contribution in [0, 0.1) is 0 Å². The Hall–Kier alpha value is -0.890. The maximum atomic E-state index is 9.59. The van der Waals surface area contributed by atoms with Gasteiger partial charge in [0.15, 0.2) is 0 Å². The Kier molecular flexibility index (Phi) is 20.0. The van der Waals surface area contributed by atoms with Crippen LogP contribution in [0.4, 0.5) is 0 Å². The van der Waals surface area contributed by atoms with Crippen LogP contribution in [0.3, 0.4) is 0 Å². The third kappa shape index (κ3) is 22.5. The molecule has 0 aromatic heterocycles. The lowest BCUT2D eigenvalue weighted by Crippen LogP contribution is -1.69. The Labute approximate surface area is 87.3 Å². The minimum atomic E-state index is 0.181. The summed E-state index contributed by atoms with van der Waals surface area (Å²) in [5.74, 6) is 0. The van der Waals surface area contributed by atoms with E-state index in [1.807, 2.05) is 12.2 Å². The molecule has 0 saturated carbocycles. The van der Waals surface area contributed by atoms with Crippen molar-refractivity contribution in [3.63, 3.8) is 0 Å². The second-order valence-corrected chi connectivity index (χ2v) is 2.80. The van der Waals surface area contributed by atoms with Gasteiger partial charge in [0, 0.05) is 0 Å². The largest absolute Gasteiger partial charge is 0.392 e. The molecule has 0 atom stereocenters. The Morgan fingerprint density at radius 1 is 1.00 bits per heavy atom. The second-order valence-electron chi connectivity index (χ2n) is 2.80. The van der Waals surface area contributed by atoms with Crippen molar-refractivity contribution in [2.45, 2.75) is 39.5 Å². The number of rotatable bonds is 6. The van der Waals surface area contributed by atoms with E-state index in [-0.39, 0.29) is 6.61 Å². The van der Waals surface area contributed by atoms with Gasteiger partial charge in [-0.3, -0.25) is 4.79 Å². The van der Waals surface area contributed by atoms with Gasteiger partial charge in [-0.1, -0.05) is 44.9 Å². The molecule has 0 unspecified atom stereocenters. The summed E-state index contributed by atoms with van der Waals surface area (Å²) < 4.78 is 0. The fourth-order valence-corrected chi connectivity index (χ4v) is 0.678. The highest BCUT2D eigenvalue weighted by Gasteiger charge is 1.68. The third-order valence-corrected chi connectivity index (χ3v) is 1.40. The summed E-state index contributed by atoms with van der Waals surface area (Å²) in [6.07, 6.45) is 12.3. The van der Waals surface area contributed by atoms with E-state index in [9.17, 15) is 4.79 Å². The number of unbranched alkanes of at least 4 members (excludes halogenated alkanes) is 2. The number of aliphatic hydroxyl groups excluding tert-OH is 1. The Morgan fingerprint density at radius 3 is 2.00 bits per heavy atom. The van der Waals surface area contributed by atoms with E-state index in [0.717, 1.165) is 32.0 Å². The van der Waals surface area contributed by atoms with Crippen LogP contribution in [-0.4, -0.2) is 18.0 Å². The molecule has 2 nitrogen and oxygen atoms in total. The molecule has 14 heavy (non-hydrogen) atoms. The van der Waals surface area contributed by atoms with Gasteiger partial charge in [-0.15, -0.1) is 0 Å². The van der Waals surface area contributed by atoms with Gasteiger partial charge in [-0.25, -0.2) is 0 Å². The first-order valence-electron chi connectivity index (χ1n) is 5.19. The molecule has 0 aromatic rings. The molecule has 0 rings (SSSR count). The molecule has 0 fully saturated rings. The van der Waals surface area contributed by atoms with Crippen LogP contribution in [0.5, 0.6) is 0 Å². The van der Waals surface area contributed by atoms with Crippen LogP contribution in [0.25, 0.3) is 0 Å². The fourth-order valence-electron chi connectivity index (χ4n) is 0.678. The zero-order chi connectivity index (χ0) is 11.1. The molecule has 0 saturated heterocycles. The molecule has 2 heteroatoms. The van der Waals surface area contributed by atoms with Crippen LogP contribution < -0.4 is 0 Å². The number of carbonyl (C=O) groups excluding carboxylic acids is 1. The van der Waals surface area contributed by atoms with Crippen molar-refractivity contribution in [3.8, 4) is 0 Å². The highest BCUT2D eigenvalue weighted by molar-refractivity contribution is 5.64. The summed E-state index contributed by atoms with van der Waals surface area (Å²) in [6, 6.07) is 0. The van der Waals surface area contributed by atoms with Crippen LogP contribution >= 0.6 is 0 Å². The summed E-state index contributed by atoms with van der Waals surface area (Å²) >= 11 is 0. The summed E-state index contributed by atoms with van der Waals surface area (Å²) in [7, 11) is 0. The van der Waals surface area contributed by atoms with Crippen molar-refractivity contribution in [2.75, 3.05) is 6.61 Å². The molecular weight excluding hydrogens is 176 g/mol. The molecule has 0 aliphatic rings. The predicted octanol–water partition coefficient (Wildman–Crippen LogP) is 2.88. The van der Waals surface area contributed by atoms with Crippen LogP contribution in [0.2, 0.25) is 0 Å². The van der Waals surface area contributed by atoms with Gasteiger partial charge in [0.2, 0.25) is 0 Å². The fraction of sp³-hybridized carbons (Fsp3) is 0.583. The smallest absolute Gasteiger partial charge is 0.142 e. The number of aldehydes is 1. The maximum Gasteiger partial charge on any atom is 0.142 e. The number of carbonyl (C=O) groups is 1. The van der Waals surface area contributed by atoms with Crippen molar-refractivity contribution in [3.05, 3.63) is 24.3 Å². The van der Waals surface area contributed by atoms with E-state index in [0.29, 0.717) is 0 Å². The van der Waals surface area contributed by atoms with E-state index in [1.54, 1.807) is 6.08 Å². The molecule has 0 heterocycles. The van der Waals surface area contributed by atoms with Gasteiger partial charge >= 0.3 is 0 Å². The lowest BCUT2D eigenvalue weighted by Gasteiger charge is -1.79.